The molecule has 2 atom stereocenters. The van der Waals surface area contributed by atoms with Gasteiger partial charge in [-0.3, -0.25) is 4.79 Å². The molecule has 2 fully saturated rings. The number of rotatable bonds is 2. The summed E-state index contributed by atoms with van der Waals surface area (Å²) in [5.41, 5.74) is -0.0749. The van der Waals surface area contributed by atoms with Crippen molar-refractivity contribution in [3.05, 3.63) is 12.0 Å². The molecule has 2 N–H and O–H groups in total. The van der Waals surface area contributed by atoms with Crippen LogP contribution in [-0.2, 0) is 4.79 Å². The van der Waals surface area contributed by atoms with Crippen LogP contribution in [0, 0.1) is 5.92 Å². The third kappa shape index (κ3) is 2.27. The van der Waals surface area contributed by atoms with Gasteiger partial charge in [0.15, 0.2) is 5.69 Å². The highest BCUT2D eigenvalue weighted by Gasteiger charge is 2.35. The molecule has 19 heavy (non-hydrogen) atoms. The van der Waals surface area contributed by atoms with Crippen molar-refractivity contribution < 1.29 is 19.1 Å². The number of carboxylic acid groups (broad SMARTS) is 1. The first-order valence-electron chi connectivity index (χ1n) is 6.36. The van der Waals surface area contributed by atoms with Crippen molar-refractivity contribution >= 4 is 17.9 Å². The summed E-state index contributed by atoms with van der Waals surface area (Å²) in [6.07, 6.45) is 3.41. The zero-order chi connectivity index (χ0) is 13.4. The second kappa shape index (κ2) is 4.56. The Bertz CT molecular complexity index is 513. The van der Waals surface area contributed by atoms with Gasteiger partial charge in [0.25, 0.3) is 6.01 Å². The minimum absolute atomic E-state index is 0.0749. The maximum absolute atomic E-state index is 11.3. The van der Waals surface area contributed by atoms with E-state index >= 15 is 0 Å². The molecule has 1 aromatic rings. The van der Waals surface area contributed by atoms with Gasteiger partial charge in [0.2, 0.25) is 5.91 Å². The topological polar surface area (TPSA) is 95.7 Å². The van der Waals surface area contributed by atoms with Crippen molar-refractivity contribution in [1.82, 2.24) is 10.3 Å². The van der Waals surface area contributed by atoms with E-state index in [4.69, 9.17) is 9.52 Å². The van der Waals surface area contributed by atoms with E-state index in [1.807, 2.05) is 4.90 Å². The molecule has 0 radical (unpaired) electrons. The molecule has 0 bridgehead atoms. The van der Waals surface area contributed by atoms with E-state index < -0.39 is 5.97 Å². The minimum Gasteiger partial charge on any atom is -0.476 e. The fourth-order valence-corrected chi connectivity index (χ4v) is 2.79. The van der Waals surface area contributed by atoms with E-state index in [0.717, 1.165) is 25.6 Å². The fraction of sp³-hybridized carbons (Fsp3) is 0.583. The second-order valence-electron chi connectivity index (χ2n) is 5.03. The van der Waals surface area contributed by atoms with E-state index in [0.29, 0.717) is 24.9 Å². The number of oxazole rings is 1. The van der Waals surface area contributed by atoms with Crippen molar-refractivity contribution in [2.45, 2.75) is 25.3 Å². The number of nitrogens with zero attached hydrogens (tertiary/aromatic N) is 2. The van der Waals surface area contributed by atoms with Crippen LogP contribution in [0.4, 0.5) is 6.01 Å². The van der Waals surface area contributed by atoms with E-state index in [1.165, 1.54) is 0 Å². The first-order valence-corrected chi connectivity index (χ1v) is 6.36. The van der Waals surface area contributed by atoms with Crippen LogP contribution in [0.3, 0.4) is 0 Å². The number of hydrogen-bond acceptors (Lipinski definition) is 5. The van der Waals surface area contributed by atoms with Gasteiger partial charge in [-0.05, 0) is 18.8 Å². The Balaban J connectivity index is 1.70. The van der Waals surface area contributed by atoms with Gasteiger partial charge in [0.1, 0.15) is 6.26 Å². The van der Waals surface area contributed by atoms with Gasteiger partial charge >= 0.3 is 5.97 Å². The predicted molar refractivity (Wildman–Crippen MR) is 64.9 cm³/mol. The minimum atomic E-state index is -1.09. The molecule has 2 aliphatic heterocycles. The SMILES string of the molecule is O=C1CCC2CN(c3nc(C(=O)O)co3)CCC2N1. The van der Waals surface area contributed by atoms with E-state index in [1.54, 1.807) is 0 Å². The average Bonchev–Trinajstić information content (AvgIpc) is 2.88. The normalized spacial score (nSPS) is 26.7. The fourth-order valence-electron chi connectivity index (χ4n) is 2.79. The van der Waals surface area contributed by atoms with Crippen molar-refractivity contribution in [2.24, 2.45) is 5.92 Å². The molecule has 2 saturated heterocycles. The van der Waals surface area contributed by atoms with E-state index in [9.17, 15) is 9.59 Å². The second-order valence-corrected chi connectivity index (χ2v) is 5.03. The van der Waals surface area contributed by atoms with Gasteiger partial charge in [-0.1, -0.05) is 0 Å². The Hall–Kier alpha value is -2.05. The van der Waals surface area contributed by atoms with Gasteiger partial charge in [-0.15, -0.1) is 0 Å². The van der Waals surface area contributed by atoms with Crippen LogP contribution in [0.2, 0.25) is 0 Å². The Labute approximate surface area is 109 Å². The molecule has 0 aliphatic carbocycles. The zero-order valence-electron chi connectivity index (χ0n) is 10.3. The van der Waals surface area contributed by atoms with Crippen molar-refractivity contribution in [1.29, 1.82) is 0 Å². The summed E-state index contributed by atoms with van der Waals surface area (Å²) >= 11 is 0. The average molecular weight is 265 g/mol. The maximum atomic E-state index is 11.3. The van der Waals surface area contributed by atoms with E-state index in [-0.39, 0.29) is 17.6 Å². The van der Waals surface area contributed by atoms with Crippen LogP contribution in [0.5, 0.6) is 0 Å². The van der Waals surface area contributed by atoms with Crippen LogP contribution >= 0.6 is 0 Å². The number of amides is 1. The quantitative estimate of drug-likeness (QED) is 0.807. The first kappa shape index (κ1) is 12.0. The standard InChI is InChI=1S/C12H15N3O4/c16-10-2-1-7-5-15(4-3-8(7)13-10)12-14-9(6-19-12)11(17)18/h6-8H,1-5H2,(H,13,16)(H,17,18). The lowest BCUT2D eigenvalue weighted by Gasteiger charge is -2.40. The highest BCUT2D eigenvalue weighted by Crippen LogP contribution is 2.28. The van der Waals surface area contributed by atoms with Gasteiger partial charge in [-0.2, -0.15) is 4.98 Å². The summed E-state index contributed by atoms with van der Waals surface area (Å²) in [5.74, 6) is -0.583. The number of carbonyl (C=O) groups excluding carboxylic acids is 1. The number of fused-ring (bicyclic) bond motifs is 1. The molecule has 2 aliphatic rings. The van der Waals surface area contributed by atoms with Gasteiger partial charge in [0, 0.05) is 25.6 Å². The summed E-state index contributed by atoms with van der Waals surface area (Å²) in [6, 6.07) is 0.583. The number of aromatic carboxylic acids is 1. The summed E-state index contributed by atoms with van der Waals surface area (Å²) in [7, 11) is 0. The molecular weight excluding hydrogens is 250 g/mol. The number of carboxylic acids is 1. The van der Waals surface area contributed by atoms with Crippen molar-refractivity contribution in [3.8, 4) is 0 Å². The van der Waals surface area contributed by atoms with Crippen molar-refractivity contribution in [2.75, 3.05) is 18.0 Å². The number of aromatic nitrogens is 1. The van der Waals surface area contributed by atoms with Crippen LogP contribution in [0.1, 0.15) is 29.8 Å². The van der Waals surface area contributed by atoms with Crippen molar-refractivity contribution in [3.63, 3.8) is 0 Å². The molecule has 3 heterocycles. The molecule has 7 nitrogen and oxygen atoms in total. The molecule has 0 spiro atoms. The molecule has 0 saturated carbocycles. The van der Waals surface area contributed by atoms with Crippen LogP contribution in [0.25, 0.3) is 0 Å². The molecule has 7 heteroatoms. The molecule has 1 aromatic heterocycles. The van der Waals surface area contributed by atoms with Gasteiger partial charge < -0.3 is 19.7 Å². The number of piperidine rings is 2. The molecule has 3 rings (SSSR count). The smallest absolute Gasteiger partial charge is 0.357 e. The molecular formula is C12H15N3O4. The number of hydrogen-bond donors (Lipinski definition) is 2. The molecule has 0 aromatic carbocycles. The number of anilines is 1. The Morgan fingerprint density at radius 1 is 1.53 bits per heavy atom. The lowest BCUT2D eigenvalue weighted by atomic mass is 9.85. The Morgan fingerprint density at radius 2 is 2.37 bits per heavy atom. The highest BCUT2D eigenvalue weighted by atomic mass is 16.4. The largest absolute Gasteiger partial charge is 0.476 e. The number of nitrogens with one attached hydrogen (secondary N) is 1. The number of carbonyl (C=O) groups is 2. The maximum Gasteiger partial charge on any atom is 0.357 e. The summed E-state index contributed by atoms with van der Waals surface area (Å²) < 4.78 is 5.21. The van der Waals surface area contributed by atoms with Gasteiger partial charge in [0.05, 0.1) is 0 Å². The monoisotopic (exact) mass is 265 g/mol. The summed E-state index contributed by atoms with van der Waals surface area (Å²) in [5, 5.41) is 11.8. The first-order chi connectivity index (χ1) is 9.13. The molecule has 1 amide bonds. The molecule has 2 unspecified atom stereocenters. The predicted octanol–water partition coefficient (Wildman–Crippen LogP) is 0.478. The lowest BCUT2D eigenvalue weighted by molar-refractivity contribution is -0.124. The Kier molecular flexibility index (Phi) is 2.88. The summed E-state index contributed by atoms with van der Waals surface area (Å²) in [6.45, 7) is 1.45. The third-order valence-electron chi connectivity index (χ3n) is 3.80. The highest BCUT2D eigenvalue weighted by molar-refractivity contribution is 5.85. The zero-order valence-corrected chi connectivity index (χ0v) is 10.3. The van der Waals surface area contributed by atoms with Crippen LogP contribution < -0.4 is 10.2 Å². The summed E-state index contributed by atoms with van der Waals surface area (Å²) in [4.78, 5) is 28.0. The lowest BCUT2D eigenvalue weighted by Crippen LogP contribution is -2.54. The molecule has 102 valence electrons. The van der Waals surface area contributed by atoms with E-state index in [2.05, 4.69) is 10.3 Å². The Morgan fingerprint density at radius 3 is 3.11 bits per heavy atom. The van der Waals surface area contributed by atoms with Gasteiger partial charge in [-0.25, -0.2) is 4.79 Å². The van der Waals surface area contributed by atoms with Crippen LogP contribution in [-0.4, -0.2) is 41.1 Å². The van der Waals surface area contributed by atoms with Crippen LogP contribution in [0.15, 0.2) is 10.7 Å². The third-order valence-corrected chi connectivity index (χ3v) is 3.80.